The van der Waals surface area contributed by atoms with Crippen LogP contribution in [0.1, 0.15) is 25.7 Å². The second kappa shape index (κ2) is 6.58. The Balaban J connectivity index is 0.000000200. The lowest BCUT2D eigenvalue weighted by molar-refractivity contribution is -0.165. The van der Waals surface area contributed by atoms with Crippen molar-refractivity contribution in [2.24, 2.45) is 11.8 Å². The number of aliphatic carboxylic acids is 2. The van der Waals surface area contributed by atoms with Crippen molar-refractivity contribution in [3.8, 4) is 0 Å². The number of Topliss-reactive ketones (excluding diaryl/α,β-unsaturated/α-hetero) is 2. The largest absolute Gasteiger partial charge is 0.479 e. The number of carbonyl (C=O) groups is 4. The quantitative estimate of drug-likeness (QED) is 0.474. The molecular formula is C12H16O8. The molecule has 0 saturated heterocycles. The summed E-state index contributed by atoms with van der Waals surface area (Å²) in [5, 5.41) is 32.5. The van der Waals surface area contributed by atoms with Crippen molar-refractivity contribution in [1.29, 1.82) is 0 Å². The highest BCUT2D eigenvalue weighted by molar-refractivity contribution is 6.04. The first-order valence-electron chi connectivity index (χ1n) is 6.11. The van der Waals surface area contributed by atoms with Gasteiger partial charge in [-0.1, -0.05) is 0 Å². The molecule has 0 aromatic carbocycles. The summed E-state index contributed by atoms with van der Waals surface area (Å²) in [4.78, 5) is 41.6. The molecule has 2 aliphatic rings. The number of fused-ring (bicyclic) bond motifs is 2. The predicted octanol–water partition coefficient (Wildman–Crippen LogP) is -1.18. The van der Waals surface area contributed by atoms with Crippen LogP contribution in [0.4, 0.5) is 0 Å². The third-order valence-corrected chi connectivity index (χ3v) is 3.50. The van der Waals surface area contributed by atoms with E-state index in [4.69, 9.17) is 20.4 Å². The monoisotopic (exact) mass is 288 g/mol. The summed E-state index contributed by atoms with van der Waals surface area (Å²) in [5.74, 6) is -2.65. The van der Waals surface area contributed by atoms with E-state index in [1.807, 2.05) is 0 Å². The van der Waals surface area contributed by atoms with Gasteiger partial charge in [0.2, 0.25) is 0 Å². The fourth-order valence-corrected chi connectivity index (χ4v) is 2.30. The first-order chi connectivity index (χ1) is 9.23. The van der Waals surface area contributed by atoms with Crippen molar-refractivity contribution < 1.29 is 39.6 Å². The predicted molar refractivity (Wildman–Crippen MR) is 62.7 cm³/mol. The van der Waals surface area contributed by atoms with Crippen LogP contribution in [0, 0.1) is 11.8 Å². The Labute approximate surface area is 114 Å². The van der Waals surface area contributed by atoms with E-state index in [0.29, 0.717) is 0 Å². The van der Waals surface area contributed by atoms with Crippen molar-refractivity contribution in [3.63, 3.8) is 0 Å². The fraction of sp³-hybridized carbons (Fsp3) is 0.667. The molecule has 0 spiro atoms. The van der Waals surface area contributed by atoms with Crippen molar-refractivity contribution in [2.45, 2.75) is 37.9 Å². The zero-order valence-corrected chi connectivity index (χ0v) is 10.6. The molecule has 2 bridgehead atoms. The lowest BCUT2D eigenvalue weighted by Gasteiger charge is -2.15. The molecule has 8 nitrogen and oxygen atoms in total. The zero-order valence-electron chi connectivity index (χ0n) is 10.6. The molecule has 2 rings (SSSR count). The van der Waals surface area contributed by atoms with Gasteiger partial charge in [-0.2, -0.15) is 0 Å². The Morgan fingerprint density at radius 2 is 1.25 bits per heavy atom. The van der Waals surface area contributed by atoms with Crippen LogP contribution in [0.5, 0.6) is 0 Å². The highest BCUT2D eigenvalue weighted by Crippen LogP contribution is 2.37. The molecule has 0 amide bonds. The molecule has 20 heavy (non-hydrogen) atoms. The molecule has 0 heterocycles. The van der Waals surface area contributed by atoms with Crippen molar-refractivity contribution in [1.82, 2.24) is 0 Å². The number of ketones is 2. The number of aliphatic hydroxyl groups excluding tert-OH is 2. The van der Waals surface area contributed by atoms with Gasteiger partial charge in [0.15, 0.2) is 12.2 Å². The summed E-state index contributed by atoms with van der Waals surface area (Å²) >= 11 is 0. The third kappa shape index (κ3) is 3.84. The number of carbonyl (C=O) groups excluding carboxylic acids is 2. The topological polar surface area (TPSA) is 149 Å². The minimum Gasteiger partial charge on any atom is -0.479 e. The Hall–Kier alpha value is -1.80. The summed E-state index contributed by atoms with van der Waals surface area (Å²) < 4.78 is 0. The van der Waals surface area contributed by atoms with Gasteiger partial charge in [0, 0.05) is 11.8 Å². The van der Waals surface area contributed by atoms with Crippen LogP contribution in [0.15, 0.2) is 0 Å². The van der Waals surface area contributed by atoms with E-state index in [0.717, 1.165) is 19.3 Å². The Kier molecular flexibility index (Phi) is 5.34. The fourth-order valence-electron chi connectivity index (χ4n) is 2.30. The average molecular weight is 288 g/mol. The molecule has 112 valence electrons. The second-order valence-electron chi connectivity index (χ2n) is 4.88. The minimum absolute atomic E-state index is 0.193. The van der Waals surface area contributed by atoms with E-state index in [-0.39, 0.29) is 29.8 Å². The molecule has 0 aliphatic heterocycles. The number of rotatable bonds is 3. The zero-order chi connectivity index (χ0) is 15.4. The molecule has 4 N–H and O–H groups in total. The van der Waals surface area contributed by atoms with Gasteiger partial charge in [0.05, 0.1) is 6.42 Å². The van der Waals surface area contributed by atoms with Crippen LogP contribution in [0.3, 0.4) is 0 Å². The van der Waals surface area contributed by atoms with Crippen LogP contribution in [0.2, 0.25) is 0 Å². The van der Waals surface area contributed by atoms with Gasteiger partial charge in [-0.3, -0.25) is 9.59 Å². The van der Waals surface area contributed by atoms with Crippen LogP contribution < -0.4 is 0 Å². The Morgan fingerprint density at radius 1 is 0.900 bits per heavy atom. The van der Waals surface area contributed by atoms with Crippen LogP contribution in [0.25, 0.3) is 0 Å². The summed E-state index contributed by atoms with van der Waals surface area (Å²) in [7, 11) is 0. The average Bonchev–Trinajstić information content (AvgIpc) is 2.82. The van der Waals surface area contributed by atoms with Crippen LogP contribution >= 0.6 is 0 Å². The first kappa shape index (κ1) is 16.3. The van der Waals surface area contributed by atoms with Gasteiger partial charge >= 0.3 is 11.9 Å². The minimum atomic E-state index is -2.27. The smallest absolute Gasteiger partial charge is 0.335 e. The van der Waals surface area contributed by atoms with Gasteiger partial charge in [-0.05, 0) is 19.3 Å². The molecular weight excluding hydrogens is 272 g/mol. The molecule has 8 heteroatoms. The first-order valence-corrected chi connectivity index (χ1v) is 6.11. The van der Waals surface area contributed by atoms with E-state index < -0.39 is 24.1 Å². The van der Waals surface area contributed by atoms with E-state index in [1.54, 1.807) is 0 Å². The van der Waals surface area contributed by atoms with E-state index in [2.05, 4.69) is 0 Å². The number of aliphatic hydroxyl groups is 2. The second-order valence-corrected chi connectivity index (χ2v) is 4.88. The maximum absolute atomic E-state index is 11.0. The number of hydrogen-bond donors (Lipinski definition) is 4. The van der Waals surface area contributed by atoms with Crippen molar-refractivity contribution >= 4 is 23.5 Å². The van der Waals surface area contributed by atoms with Crippen molar-refractivity contribution in [2.75, 3.05) is 0 Å². The van der Waals surface area contributed by atoms with Gasteiger partial charge in [0.1, 0.15) is 11.6 Å². The standard InChI is InChI=1S/C8H10O2.C4H6O6/c9-7-4-8(10)6-2-1-5(7)3-6;5-1(3(7)8)2(6)4(9)10/h5-6H,1-4H2;1-2,5-6H,(H,7,8)(H,9,10). The van der Waals surface area contributed by atoms with E-state index in [1.165, 1.54) is 0 Å². The Bertz CT molecular complexity index is 391. The molecule has 0 aromatic heterocycles. The van der Waals surface area contributed by atoms with Gasteiger partial charge in [-0.15, -0.1) is 0 Å². The number of hydrogen-bond acceptors (Lipinski definition) is 6. The van der Waals surface area contributed by atoms with E-state index >= 15 is 0 Å². The third-order valence-electron chi connectivity index (χ3n) is 3.50. The molecule has 0 aromatic rings. The summed E-state index contributed by atoms with van der Waals surface area (Å²) in [6, 6.07) is 0. The molecule has 2 fully saturated rings. The van der Waals surface area contributed by atoms with Crippen LogP contribution in [-0.4, -0.2) is 56.1 Å². The van der Waals surface area contributed by atoms with Gasteiger partial charge in [-0.25, -0.2) is 9.59 Å². The lowest BCUT2D eigenvalue weighted by atomic mass is 9.87. The maximum atomic E-state index is 11.0. The van der Waals surface area contributed by atoms with Gasteiger partial charge < -0.3 is 20.4 Å². The number of carboxylic acids is 2. The molecule has 2 aliphatic carbocycles. The molecule has 4 atom stereocenters. The summed E-state index contributed by atoms with van der Waals surface area (Å²) in [6.45, 7) is 0. The maximum Gasteiger partial charge on any atom is 0.335 e. The lowest BCUT2D eigenvalue weighted by Crippen LogP contribution is -2.39. The van der Waals surface area contributed by atoms with E-state index in [9.17, 15) is 19.2 Å². The summed E-state index contributed by atoms with van der Waals surface area (Å²) in [5.41, 5.74) is 0. The SMILES string of the molecule is O=C(O)C(O)C(O)C(=O)O.O=C1CC(=O)C2CCC1C2. The highest BCUT2D eigenvalue weighted by Gasteiger charge is 2.39. The molecule has 2 saturated carbocycles. The molecule has 0 radical (unpaired) electrons. The normalized spacial score (nSPS) is 27.3. The van der Waals surface area contributed by atoms with Crippen molar-refractivity contribution in [3.05, 3.63) is 0 Å². The van der Waals surface area contributed by atoms with Gasteiger partial charge in [0.25, 0.3) is 0 Å². The molecule has 4 unspecified atom stereocenters. The summed E-state index contributed by atoms with van der Waals surface area (Å²) in [6.07, 6.45) is -1.51. The van der Waals surface area contributed by atoms with Crippen LogP contribution in [-0.2, 0) is 19.2 Å². The highest BCUT2D eigenvalue weighted by atomic mass is 16.4. The Morgan fingerprint density at radius 3 is 1.55 bits per heavy atom. The number of carboxylic acid groups (broad SMARTS) is 2.